The average molecular weight is 481 g/mol. The van der Waals surface area contributed by atoms with Gasteiger partial charge in [-0.05, 0) is 54.4 Å². The van der Waals surface area contributed by atoms with Crippen LogP contribution in [0, 0.1) is 0 Å². The fourth-order valence-corrected chi connectivity index (χ4v) is 4.56. The molecule has 2 amide bonds. The molecular weight excluding hydrogens is 464 g/mol. The highest BCUT2D eigenvalue weighted by Gasteiger charge is 2.34. The molecule has 1 aliphatic rings. The average Bonchev–Trinajstić information content (AvgIpc) is 3.33. The van der Waals surface area contributed by atoms with E-state index in [1.807, 2.05) is 6.92 Å². The number of halogens is 1. The molecule has 0 aliphatic carbocycles. The summed E-state index contributed by atoms with van der Waals surface area (Å²) in [5.74, 6) is 0.0508. The number of ether oxygens (including phenoxy) is 2. The molecule has 1 N–H and O–H groups in total. The molecule has 0 saturated carbocycles. The zero-order valence-electron chi connectivity index (χ0n) is 15.8. The first-order valence-corrected chi connectivity index (χ1v) is 11.2. The first-order valence-electron chi connectivity index (χ1n) is 8.77. The van der Waals surface area contributed by atoms with E-state index in [4.69, 9.17) is 33.3 Å². The van der Waals surface area contributed by atoms with Crippen molar-refractivity contribution in [1.29, 1.82) is 0 Å². The summed E-state index contributed by atoms with van der Waals surface area (Å²) < 4.78 is 11.4. The first-order chi connectivity index (χ1) is 14.4. The minimum absolute atomic E-state index is 0.234. The van der Waals surface area contributed by atoms with Crippen molar-refractivity contribution in [3.63, 3.8) is 0 Å². The van der Waals surface area contributed by atoms with Gasteiger partial charge in [0.15, 0.2) is 15.8 Å². The highest BCUT2D eigenvalue weighted by Crippen LogP contribution is 2.39. The number of hydrogen-bond acceptors (Lipinski definition) is 7. The van der Waals surface area contributed by atoms with E-state index in [-0.39, 0.29) is 10.9 Å². The molecule has 0 unspecified atom stereocenters. The van der Waals surface area contributed by atoms with Crippen molar-refractivity contribution in [2.45, 2.75) is 6.92 Å². The molecule has 156 valence electrons. The Morgan fingerprint density at radius 2 is 2.20 bits per heavy atom. The van der Waals surface area contributed by atoms with Gasteiger partial charge in [-0.25, -0.2) is 0 Å². The maximum atomic E-state index is 12.8. The lowest BCUT2D eigenvalue weighted by Gasteiger charge is -2.15. The topological polar surface area (TPSA) is 67.9 Å². The first kappa shape index (κ1) is 22.4. The summed E-state index contributed by atoms with van der Waals surface area (Å²) in [5, 5.41) is 3.19. The minimum Gasteiger partial charge on any atom is -0.490 e. The Morgan fingerprint density at radius 1 is 1.40 bits per heavy atom. The zero-order valence-corrected chi connectivity index (χ0v) is 19.1. The molecule has 3 rings (SSSR count). The summed E-state index contributed by atoms with van der Waals surface area (Å²) in [6.45, 7) is 6.17. The van der Waals surface area contributed by atoms with Crippen LogP contribution in [0.4, 0.5) is 0 Å². The summed E-state index contributed by atoms with van der Waals surface area (Å²) >= 11 is 14.0. The molecule has 6 nitrogen and oxygen atoms in total. The Bertz CT molecular complexity index is 1020. The lowest BCUT2D eigenvalue weighted by Crippen LogP contribution is -2.44. The quantitative estimate of drug-likeness (QED) is 0.329. The molecule has 10 heteroatoms. The van der Waals surface area contributed by atoms with E-state index in [1.165, 1.54) is 11.3 Å². The van der Waals surface area contributed by atoms with Crippen molar-refractivity contribution in [2.75, 3.05) is 13.2 Å². The van der Waals surface area contributed by atoms with Crippen LogP contribution < -0.4 is 14.9 Å². The molecule has 1 aromatic heterocycles. The SMILES string of the molecule is C=CCOc1c(Cl)cc(C=C2SC(=S)N(NC(=O)c3cccs3)C2=O)cc1OCC. The lowest BCUT2D eigenvalue weighted by molar-refractivity contribution is -0.123. The van der Waals surface area contributed by atoms with Gasteiger partial charge in [-0.1, -0.05) is 42.1 Å². The molecule has 0 radical (unpaired) electrons. The van der Waals surface area contributed by atoms with Gasteiger partial charge in [0.1, 0.15) is 6.61 Å². The van der Waals surface area contributed by atoms with Crippen LogP contribution in [0.3, 0.4) is 0 Å². The van der Waals surface area contributed by atoms with Crippen molar-refractivity contribution in [1.82, 2.24) is 10.4 Å². The number of rotatable bonds is 8. The number of carbonyl (C=O) groups excluding carboxylic acids is 2. The predicted octanol–water partition coefficient (Wildman–Crippen LogP) is 4.91. The second-order valence-corrected chi connectivity index (χ2v) is 8.83. The lowest BCUT2D eigenvalue weighted by atomic mass is 10.2. The van der Waals surface area contributed by atoms with Gasteiger partial charge in [0.2, 0.25) is 0 Å². The Labute approximate surface area is 192 Å². The van der Waals surface area contributed by atoms with Crippen molar-refractivity contribution < 1.29 is 19.1 Å². The molecular formula is C20H17ClN2O4S3. The van der Waals surface area contributed by atoms with Gasteiger partial charge in [-0.3, -0.25) is 15.0 Å². The van der Waals surface area contributed by atoms with Crippen LogP contribution in [0.5, 0.6) is 11.5 Å². The second kappa shape index (κ2) is 10.1. The van der Waals surface area contributed by atoms with Crippen LogP contribution in [-0.2, 0) is 4.79 Å². The van der Waals surface area contributed by atoms with Crippen LogP contribution >= 0.6 is 46.9 Å². The molecule has 1 aromatic carbocycles. The van der Waals surface area contributed by atoms with Crippen LogP contribution in [0.2, 0.25) is 5.02 Å². The summed E-state index contributed by atoms with van der Waals surface area (Å²) in [4.78, 5) is 25.9. The number of hydrazine groups is 1. The van der Waals surface area contributed by atoms with Crippen molar-refractivity contribution in [3.05, 3.63) is 62.7 Å². The van der Waals surface area contributed by atoms with Crippen LogP contribution in [0.25, 0.3) is 6.08 Å². The van der Waals surface area contributed by atoms with E-state index >= 15 is 0 Å². The van der Waals surface area contributed by atoms with Crippen molar-refractivity contribution >= 4 is 69.1 Å². The summed E-state index contributed by atoms with van der Waals surface area (Å²) in [6, 6.07) is 6.82. The van der Waals surface area contributed by atoms with E-state index in [0.29, 0.717) is 38.5 Å². The Balaban J connectivity index is 1.84. The third-order valence-electron chi connectivity index (χ3n) is 3.73. The van der Waals surface area contributed by atoms with E-state index in [2.05, 4.69) is 12.0 Å². The number of carbonyl (C=O) groups is 2. The number of thiocarbonyl (C=S) groups is 1. The number of thiophene rings is 1. The fraction of sp³-hybridized carbons (Fsp3) is 0.150. The molecule has 0 spiro atoms. The van der Waals surface area contributed by atoms with E-state index in [0.717, 1.165) is 16.8 Å². The third kappa shape index (κ3) is 5.04. The molecule has 2 aromatic rings. The number of nitrogens with one attached hydrogen (secondary N) is 1. The fourth-order valence-electron chi connectivity index (χ4n) is 2.50. The highest BCUT2D eigenvalue weighted by atomic mass is 35.5. The maximum absolute atomic E-state index is 12.8. The van der Waals surface area contributed by atoms with Crippen molar-refractivity contribution in [3.8, 4) is 11.5 Å². The molecule has 0 bridgehead atoms. The number of hydrogen-bond donors (Lipinski definition) is 1. The molecule has 1 aliphatic heterocycles. The van der Waals surface area contributed by atoms with Crippen LogP contribution in [-0.4, -0.2) is 34.4 Å². The standard InChI is InChI=1S/C20H17ClN2O4S3/c1-3-7-27-17-13(21)9-12(10-14(17)26-4-2)11-16-19(25)23(20(28)30-16)22-18(24)15-6-5-8-29-15/h3,5-6,8-11H,1,4,7H2,2H3,(H,22,24). The van der Waals surface area contributed by atoms with Crippen molar-refractivity contribution in [2.24, 2.45) is 0 Å². The zero-order chi connectivity index (χ0) is 21.7. The van der Waals surface area contributed by atoms with Gasteiger partial charge in [-0.15, -0.1) is 11.3 Å². The normalized spacial score (nSPS) is 14.9. The number of nitrogens with zero attached hydrogens (tertiary/aromatic N) is 1. The molecule has 2 heterocycles. The number of thioether (sulfide) groups is 1. The minimum atomic E-state index is -0.420. The monoisotopic (exact) mass is 480 g/mol. The van der Waals surface area contributed by atoms with Crippen LogP contribution in [0.1, 0.15) is 22.2 Å². The van der Waals surface area contributed by atoms with Gasteiger partial charge >= 0.3 is 0 Å². The van der Waals surface area contributed by atoms with Gasteiger partial charge in [0, 0.05) is 0 Å². The molecule has 1 saturated heterocycles. The molecule has 0 atom stereocenters. The number of amides is 2. The second-order valence-electron chi connectivity index (χ2n) is 5.80. The molecule has 30 heavy (non-hydrogen) atoms. The van der Waals surface area contributed by atoms with Crippen LogP contribution in [0.15, 0.2) is 47.2 Å². The summed E-state index contributed by atoms with van der Waals surface area (Å²) in [6.07, 6.45) is 3.25. The summed E-state index contributed by atoms with van der Waals surface area (Å²) in [5.41, 5.74) is 3.18. The smallest absolute Gasteiger partial charge is 0.285 e. The van der Waals surface area contributed by atoms with E-state index in [1.54, 1.807) is 41.8 Å². The number of benzene rings is 1. The van der Waals surface area contributed by atoms with E-state index < -0.39 is 11.8 Å². The van der Waals surface area contributed by atoms with Gasteiger partial charge < -0.3 is 9.47 Å². The maximum Gasteiger partial charge on any atom is 0.285 e. The Kier molecular flexibility index (Phi) is 7.54. The highest BCUT2D eigenvalue weighted by molar-refractivity contribution is 8.26. The van der Waals surface area contributed by atoms with Gasteiger partial charge in [-0.2, -0.15) is 5.01 Å². The summed E-state index contributed by atoms with van der Waals surface area (Å²) in [7, 11) is 0. The van der Waals surface area contributed by atoms with Gasteiger partial charge in [0.25, 0.3) is 11.8 Å². The predicted molar refractivity (Wildman–Crippen MR) is 125 cm³/mol. The van der Waals surface area contributed by atoms with Gasteiger partial charge in [0.05, 0.1) is 21.4 Å². The largest absolute Gasteiger partial charge is 0.490 e. The Morgan fingerprint density at radius 3 is 2.87 bits per heavy atom. The Hall–Kier alpha value is -2.33. The third-order valence-corrected chi connectivity index (χ3v) is 6.18. The molecule has 1 fully saturated rings. The van der Waals surface area contributed by atoms with E-state index in [9.17, 15) is 9.59 Å².